The zero-order valence-corrected chi connectivity index (χ0v) is 12.1. The van der Waals surface area contributed by atoms with E-state index in [4.69, 9.17) is 4.98 Å². The Labute approximate surface area is 124 Å². The molecular weight excluding hydrogens is 284 g/mol. The highest BCUT2D eigenvalue weighted by Gasteiger charge is 2.10. The maximum absolute atomic E-state index is 4.73. The highest BCUT2D eigenvalue weighted by molar-refractivity contribution is 7.40. The maximum Gasteiger partial charge on any atom is 0.125 e. The lowest BCUT2D eigenvalue weighted by Gasteiger charge is -1.95. The quantitative estimate of drug-likeness (QED) is 0.515. The highest BCUT2D eigenvalue weighted by atomic mass is 32.2. The van der Waals surface area contributed by atoms with Gasteiger partial charge in [-0.3, -0.25) is 4.98 Å². The van der Waals surface area contributed by atoms with E-state index in [1.165, 1.54) is 14.5 Å². The number of hydrogen-bond donors (Lipinski definition) is 0. The molecule has 3 aromatic heterocycles. The summed E-state index contributed by atoms with van der Waals surface area (Å²) in [5.74, 6) is 0. The Morgan fingerprint density at radius 3 is 2.35 bits per heavy atom. The van der Waals surface area contributed by atoms with Gasteiger partial charge in [0.15, 0.2) is 0 Å². The fourth-order valence-corrected chi connectivity index (χ4v) is 4.39. The number of aromatic nitrogens is 2. The summed E-state index contributed by atoms with van der Waals surface area (Å²) in [6, 6.07) is 16.6. The van der Waals surface area contributed by atoms with Gasteiger partial charge in [0.1, 0.15) is 9.02 Å². The first kappa shape index (κ1) is 11.8. The number of fused-ring (bicyclic) bond motifs is 1. The van der Waals surface area contributed by atoms with Gasteiger partial charge in [0, 0.05) is 22.8 Å². The van der Waals surface area contributed by atoms with Gasteiger partial charge in [0.2, 0.25) is 0 Å². The van der Waals surface area contributed by atoms with Crippen LogP contribution in [0.2, 0.25) is 0 Å². The molecule has 0 aliphatic heterocycles. The molecule has 0 atom stereocenters. The minimum atomic E-state index is 1.06. The van der Waals surface area contributed by atoms with E-state index < -0.39 is 0 Å². The van der Waals surface area contributed by atoms with Gasteiger partial charge < -0.3 is 0 Å². The second-order valence-corrected chi connectivity index (χ2v) is 6.71. The Hall–Kier alpha value is -2.04. The summed E-state index contributed by atoms with van der Waals surface area (Å²) in [7, 11) is 0. The van der Waals surface area contributed by atoms with Gasteiger partial charge >= 0.3 is 0 Å². The second-order valence-electron chi connectivity index (χ2n) is 4.40. The maximum atomic E-state index is 4.73. The highest BCUT2D eigenvalue weighted by Crippen LogP contribution is 2.39. The molecule has 4 aromatic rings. The molecule has 0 amide bonds. The van der Waals surface area contributed by atoms with Crippen molar-refractivity contribution in [2.75, 3.05) is 0 Å². The Bertz CT molecular complexity index is 747. The van der Waals surface area contributed by atoms with E-state index in [1.54, 1.807) is 35.1 Å². The van der Waals surface area contributed by atoms with Crippen LogP contribution in [0.3, 0.4) is 0 Å². The van der Waals surface area contributed by atoms with Crippen LogP contribution in [0.1, 0.15) is 0 Å². The van der Waals surface area contributed by atoms with Gasteiger partial charge in [-0.1, -0.05) is 30.3 Å². The number of thiazole rings is 1. The first-order valence-electron chi connectivity index (χ1n) is 6.26. The van der Waals surface area contributed by atoms with Gasteiger partial charge in [0.25, 0.3) is 0 Å². The Kier molecular flexibility index (Phi) is 2.83. The minimum absolute atomic E-state index is 1.06. The molecule has 0 aliphatic carbocycles. The van der Waals surface area contributed by atoms with Crippen LogP contribution in [0.15, 0.2) is 60.9 Å². The SMILES string of the molecule is c1ccc(-c2cc3nc(-c4ccncc4)sc3s2)cc1. The first-order chi connectivity index (χ1) is 9.90. The number of nitrogens with zero attached hydrogens (tertiary/aromatic N) is 2. The Morgan fingerprint density at radius 2 is 1.60 bits per heavy atom. The minimum Gasteiger partial charge on any atom is -0.265 e. The summed E-state index contributed by atoms with van der Waals surface area (Å²) < 4.78 is 1.27. The van der Waals surface area contributed by atoms with Crippen molar-refractivity contribution < 1.29 is 0 Å². The monoisotopic (exact) mass is 294 g/mol. The molecule has 0 unspecified atom stereocenters. The van der Waals surface area contributed by atoms with Gasteiger partial charge in [-0.05, 0) is 23.8 Å². The third kappa shape index (κ3) is 2.03. The van der Waals surface area contributed by atoms with E-state index in [1.807, 2.05) is 18.2 Å². The summed E-state index contributed by atoms with van der Waals surface area (Å²) in [4.78, 5) is 10.1. The van der Waals surface area contributed by atoms with E-state index in [-0.39, 0.29) is 0 Å². The van der Waals surface area contributed by atoms with Crippen LogP contribution in [0.25, 0.3) is 30.5 Å². The van der Waals surface area contributed by atoms with E-state index in [0.717, 1.165) is 16.1 Å². The molecule has 0 bridgehead atoms. The van der Waals surface area contributed by atoms with Gasteiger partial charge in [0.05, 0.1) is 5.52 Å². The van der Waals surface area contributed by atoms with Gasteiger partial charge in [-0.2, -0.15) is 0 Å². The summed E-state index contributed by atoms with van der Waals surface area (Å²) in [5.41, 5.74) is 3.48. The fraction of sp³-hybridized carbons (Fsp3) is 0. The average molecular weight is 294 g/mol. The van der Waals surface area contributed by atoms with Crippen molar-refractivity contribution in [2.24, 2.45) is 0 Å². The number of benzene rings is 1. The van der Waals surface area contributed by atoms with E-state index in [9.17, 15) is 0 Å². The van der Waals surface area contributed by atoms with Crippen molar-refractivity contribution in [1.82, 2.24) is 9.97 Å². The van der Waals surface area contributed by atoms with Crippen LogP contribution in [-0.2, 0) is 0 Å². The predicted octanol–water partition coefficient (Wildman–Crippen LogP) is 5.09. The molecule has 4 rings (SSSR count). The van der Waals surface area contributed by atoms with Crippen molar-refractivity contribution in [2.45, 2.75) is 0 Å². The second kappa shape index (κ2) is 4.81. The van der Waals surface area contributed by atoms with E-state index in [2.05, 4.69) is 35.3 Å². The normalized spacial score (nSPS) is 11.0. The largest absolute Gasteiger partial charge is 0.265 e. The fourth-order valence-electron chi connectivity index (χ4n) is 2.10. The molecule has 4 heteroatoms. The van der Waals surface area contributed by atoms with Gasteiger partial charge in [-0.15, -0.1) is 22.7 Å². The molecule has 3 heterocycles. The number of rotatable bonds is 2. The molecule has 0 saturated carbocycles. The van der Waals surface area contributed by atoms with E-state index >= 15 is 0 Å². The average Bonchev–Trinajstić information content (AvgIpc) is 3.08. The summed E-state index contributed by atoms with van der Waals surface area (Å²) in [5, 5.41) is 1.06. The molecule has 0 saturated heterocycles. The van der Waals surface area contributed by atoms with Crippen LogP contribution >= 0.6 is 22.7 Å². The number of hydrogen-bond acceptors (Lipinski definition) is 4. The molecule has 1 aromatic carbocycles. The molecule has 0 fully saturated rings. The van der Waals surface area contributed by atoms with Gasteiger partial charge in [-0.25, -0.2) is 4.98 Å². The lowest BCUT2D eigenvalue weighted by molar-refractivity contribution is 1.32. The standard InChI is InChI=1S/C16H10N2S2/c1-2-4-11(5-3-1)14-10-13-16(19-14)20-15(18-13)12-6-8-17-9-7-12/h1-10H. The number of thiophene rings is 1. The Morgan fingerprint density at radius 1 is 0.800 bits per heavy atom. The van der Waals surface area contributed by atoms with Crippen molar-refractivity contribution in [3.05, 3.63) is 60.9 Å². The van der Waals surface area contributed by atoms with Crippen LogP contribution in [0.5, 0.6) is 0 Å². The molecular formula is C16H10N2S2. The number of pyridine rings is 1. The predicted molar refractivity (Wildman–Crippen MR) is 86.2 cm³/mol. The van der Waals surface area contributed by atoms with Crippen molar-refractivity contribution in [1.29, 1.82) is 0 Å². The Balaban J connectivity index is 1.78. The zero-order valence-electron chi connectivity index (χ0n) is 10.5. The van der Waals surface area contributed by atoms with Crippen LogP contribution < -0.4 is 0 Å². The molecule has 20 heavy (non-hydrogen) atoms. The van der Waals surface area contributed by atoms with Crippen LogP contribution in [0, 0.1) is 0 Å². The third-order valence-corrected chi connectivity index (χ3v) is 5.46. The summed E-state index contributed by atoms with van der Waals surface area (Å²) >= 11 is 3.55. The van der Waals surface area contributed by atoms with Crippen molar-refractivity contribution in [3.8, 4) is 21.0 Å². The van der Waals surface area contributed by atoms with Crippen molar-refractivity contribution in [3.63, 3.8) is 0 Å². The lowest BCUT2D eigenvalue weighted by Crippen LogP contribution is -1.75. The van der Waals surface area contributed by atoms with E-state index in [0.29, 0.717) is 0 Å². The molecule has 0 aliphatic rings. The van der Waals surface area contributed by atoms with Crippen LogP contribution in [0.4, 0.5) is 0 Å². The summed E-state index contributed by atoms with van der Waals surface area (Å²) in [6.07, 6.45) is 3.61. The van der Waals surface area contributed by atoms with Crippen LogP contribution in [-0.4, -0.2) is 9.97 Å². The summed E-state index contributed by atoms with van der Waals surface area (Å²) in [6.45, 7) is 0. The molecule has 0 radical (unpaired) electrons. The third-order valence-electron chi connectivity index (χ3n) is 3.08. The first-order valence-corrected chi connectivity index (χ1v) is 7.90. The molecule has 0 spiro atoms. The molecule has 96 valence electrons. The molecule has 2 nitrogen and oxygen atoms in total. The zero-order chi connectivity index (χ0) is 13.4. The molecule has 0 N–H and O–H groups in total. The topological polar surface area (TPSA) is 25.8 Å². The van der Waals surface area contributed by atoms with Crippen molar-refractivity contribution >= 4 is 32.2 Å². The lowest BCUT2D eigenvalue weighted by atomic mass is 10.2. The smallest absolute Gasteiger partial charge is 0.125 e.